The topological polar surface area (TPSA) is 84.3 Å². The third-order valence-corrected chi connectivity index (χ3v) is 1.69. The van der Waals surface area contributed by atoms with Crippen molar-refractivity contribution in [2.75, 3.05) is 12.4 Å². The molecule has 2 N–H and O–H groups in total. The zero-order chi connectivity index (χ0) is 10.7. The molecule has 1 aromatic rings. The highest BCUT2D eigenvalue weighted by molar-refractivity contribution is 5.82. The first-order valence-corrected chi connectivity index (χ1v) is 3.93. The lowest BCUT2D eigenvalue weighted by atomic mass is 10.3. The molecule has 1 rings (SSSR count). The average molecular weight is 197 g/mol. The van der Waals surface area contributed by atoms with Crippen molar-refractivity contribution in [3.05, 3.63) is 11.4 Å². The van der Waals surface area contributed by atoms with Gasteiger partial charge in [0.1, 0.15) is 0 Å². The van der Waals surface area contributed by atoms with Crippen LogP contribution in [0.1, 0.15) is 11.4 Å². The fourth-order valence-electron chi connectivity index (χ4n) is 0.908. The van der Waals surface area contributed by atoms with E-state index in [2.05, 4.69) is 15.3 Å². The number of hydrogen-bond acceptors (Lipinski definition) is 4. The number of hydrogen-bond donors (Lipinski definition) is 2. The zero-order valence-electron chi connectivity index (χ0n) is 8.16. The normalized spacial score (nSPS) is 9.64. The molecule has 1 heterocycles. The molecule has 0 saturated heterocycles. The molecule has 0 aromatic carbocycles. The van der Waals surface area contributed by atoms with Crippen molar-refractivity contribution in [1.29, 1.82) is 0 Å². The molecule has 0 saturated carbocycles. The highest BCUT2D eigenvalue weighted by Gasteiger charge is 2.11. The van der Waals surface area contributed by atoms with Crippen LogP contribution in [0.5, 0.6) is 5.88 Å². The number of rotatable bonds is 2. The van der Waals surface area contributed by atoms with Crippen molar-refractivity contribution < 1.29 is 14.6 Å². The Bertz CT molecular complexity index is 365. The van der Waals surface area contributed by atoms with E-state index in [1.807, 2.05) is 0 Å². The van der Waals surface area contributed by atoms with Gasteiger partial charge in [-0.1, -0.05) is 0 Å². The second-order valence-corrected chi connectivity index (χ2v) is 2.68. The van der Waals surface area contributed by atoms with Gasteiger partial charge in [-0.15, -0.1) is 0 Å². The van der Waals surface area contributed by atoms with Gasteiger partial charge in [-0.05, 0) is 13.8 Å². The molecule has 0 fully saturated rings. The molecule has 0 bridgehead atoms. The maximum atomic E-state index is 10.4. The number of aryl methyl sites for hydroxylation is 2. The van der Waals surface area contributed by atoms with E-state index in [1.54, 1.807) is 13.8 Å². The minimum Gasteiger partial charge on any atom is -0.478 e. The van der Waals surface area contributed by atoms with E-state index in [0.717, 1.165) is 0 Å². The number of aromatic nitrogens is 2. The monoisotopic (exact) mass is 197 g/mol. The molecule has 76 valence electrons. The predicted molar refractivity (Wildman–Crippen MR) is 49.7 cm³/mol. The Morgan fingerprint density at radius 3 is 2.43 bits per heavy atom. The first-order chi connectivity index (χ1) is 6.54. The standard InChI is InChI=1S/C8H11N3O3/c1-4-5(2)10-7(14-3)6(9-4)11-8(12)13/h1-3H3,(H,9,11)(H,12,13). The largest absolute Gasteiger partial charge is 0.478 e. The summed E-state index contributed by atoms with van der Waals surface area (Å²) in [5, 5.41) is 10.6. The smallest absolute Gasteiger partial charge is 0.410 e. The second kappa shape index (κ2) is 3.91. The molecular weight excluding hydrogens is 186 g/mol. The van der Waals surface area contributed by atoms with Crippen LogP contribution in [0, 0.1) is 13.8 Å². The lowest BCUT2D eigenvalue weighted by Gasteiger charge is -2.08. The summed E-state index contributed by atoms with van der Waals surface area (Å²) >= 11 is 0. The number of anilines is 1. The van der Waals surface area contributed by atoms with E-state index in [0.29, 0.717) is 11.4 Å². The van der Waals surface area contributed by atoms with Crippen LogP contribution >= 0.6 is 0 Å². The van der Waals surface area contributed by atoms with E-state index in [1.165, 1.54) is 7.11 Å². The van der Waals surface area contributed by atoms with Gasteiger partial charge in [-0.3, -0.25) is 5.32 Å². The Morgan fingerprint density at radius 1 is 1.36 bits per heavy atom. The van der Waals surface area contributed by atoms with E-state index >= 15 is 0 Å². The van der Waals surface area contributed by atoms with Gasteiger partial charge in [0.25, 0.3) is 5.88 Å². The molecule has 0 aliphatic carbocycles. The molecule has 0 atom stereocenters. The molecule has 6 heteroatoms. The Kier molecular flexibility index (Phi) is 2.85. The number of nitrogens with one attached hydrogen (secondary N) is 1. The van der Waals surface area contributed by atoms with Gasteiger partial charge >= 0.3 is 6.09 Å². The van der Waals surface area contributed by atoms with Gasteiger partial charge in [0.05, 0.1) is 18.5 Å². The van der Waals surface area contributed by atoms with Crippen LogP contribution in [-0.2, 0) is 0 Å². The molecule has 1 aromatic heterocycles. The molecule has 0 aliphatic rings. The Morgan fingerprint density at radius 2 is 1.93 bits per heavy atom. The SMILES string of the molecule is COc1nc(C)c(C)nc1NC(=O)O. The lowest BCUT2D eigenvalue weighted by Crippen LogP contribution is -2.12. The van der Waals surface area contributed by atoms with Crippen molar-refractivity contribution in [1.82, 2.24) is 9.97 Å². The average Bonchev–Trinajstić information content (AvgIpc) is 2.10. The lowest BCUT2D eigenvalue weighted by molar-refractivity contribution is 0.209. The molecule has 0 aliphatic heterocycles. The summed E-state index contributed by atoms with van der Waals surface area (Å²) in [7, 11) is 1.41. The van der Waals surface area contributed by atoms with Crippen molar-refractivity contribution in [2.45, 2.75) is 13.8 Å². The van der Waals surface area contributed by atoms with Crippen LogP contribution in [0.2, 0.25) is 0 Å². The highest BCUT2D eigenvalue weighted by Crippen LogP contribution is 2.20. The first-order valence-electron chi connectivity index (χ1n) is 3.93. The summed E-state index contributed by atoms with van der Waals surface area (Å²) in [6.45, 7) is 3.52. The number of carbonyl (C=O) groups is 1. The summed E-state index contributed by atoms with van der Waals surface area (Å²) in [4.78, 5) is 18.4. The van der Waals surface area contributed by atoms with Gasteiger partial charge in [0.2, 0.25) is 0 Å². The van der Waals surface area contributed by atoms with Gasteiger partial charge < -0.3 is 9.84 Å². The van der Waals surface area contributed by atoms with Crippen molar-refractivity contribution in [2.24, 2.45) is 0 Å². The molecule has 0 radical (unpaired) electrons. The van der Waals surface area contributed by atoms with Gasteiger partial charge in [0.15, 0.2) is 5.82 Å². The van der Waals surface area contributed by atoms with Crippen molar-refractivity contribution in [3.63, 3.8) is 0 Å². The summed E-state index contributed by atoms with van der Waals surface area (Å²) in [5.74, 6) is 0.290. The minimum absolute atomic E-state index is 0.114. The van der Waals surface area contributed by atoms with Crippen LogP contribution < -0.4 is 10.1 Å². The zero-order valence-corrected chi connectivity index (χ0v) is 8.16. The minimum atomic E-state index is -1.19. The summed E-state index contributed by atoms with van der Waals surface area (Å²) in [5.41, 5.74) is 1.37. The third kappa shape index (κ3) is 2.09. The first kappa shape index (κ1) is 10.2. The third-order valence-electron chi connectivity index (χ3n) is 1.69. The van der Waals surface area contributed by atoms with Gasteiger partial charge in [-0.25, -0.2) is 14.8 Å². The number of ether oxygens (including phenoxy) is 1. The molecular formula is C8H11N3O3. The summed E-state index contributed by atoms with van der Waals surface area (Å²) in [6.07, 6.45) is -1.19. The van der Waals surface area contributed by atoms with Crippen molar-refractivity contribution in [3.8, 4) is 5.88 Å². The van der Waals surface area contributed by atoms with Crippen LogP contribution in [-0.4, -0.2) is 28.3 Å². The molecule has 0 unspecified atom stereocenters. The number of methoxy groups -OCH3 is 1. The Labute approximate surface area is 80.9 Å². The number of nitrogens with zero attached hydrogens (tertiary/aromatic N) is 2. The van der Waals surface area contributed by atoms with E-state index < -0.39 is 6.09 Å². The Balaban J connectivity index is 3.13. The van der Waals surface area contributed by atoms with Crippen LogP contribution in [0.25, 0.3) is 0 Å². The fraction of sp³-hybridized carbons (Fsp3) is 0.375. The van der Waals surface area contributed by atoms with E-state index in [9.17, 15) is 4.79 Å². The maximum Gasteiger partial charge on any atom is 0.410 e. The van der Waals surface area contributed by atoms with E-state index in [-0.39, 0.29) is 11.7 Å². The summed E-state index contributed by atoms with van der Waals surface area (Å²) in [6, 6.07) is 0. The molecule has 14 heavy (non-hydrogen) atoms. The van der Waals surface area contributed by atoms with E-state index in [4.69, 9.17) is 9.84 Å². The second-order valence-electron chi connectivity index (χ2n) is 2.68. The fourth-order valence-corrected chi connectivity index (χ4v) is 0.908. The molecule has 1 amide bonds. The van der Waals surface area contributed by atoms with Crippen molar-refractivity contribution >= 4 is 11.9 Å². The number of amides is 1. The Hall–Kier alpha value is -1.85. The van der Waals surface area contributed by atoms with Gasteiger partial charge in [0, 0.05) is 0 Å². The maximum absolute atomic E-state index is 10.4. The predicted octanol–water partition coefficient (Wildman–Crippen LogP) is 1.19. The number of carboxylic acid groups (broad SMARTS) is 1. The molecule has 6 nitrogen and oxygen atoms in total. The summed E-state index contributed by atoms with van der Waals surface area (Å²) < 4.78 is 4.88. The molecule has 0 spiro atoms. The highest BCUT2D eigenvalue weighted by atomic mass is 16.5. The van der Waals surface area contributed by atoms with Crippen LogP contribution in [0.3, 0.4) is 0 Å². The van der Waals surface area contributed by atoms with Crippen LogP contribution in [0.4, 0.5) is 10.6 Å². The quantitative estimate of drug-likeness (QED) is 0.743. The van der Waals surface area contributed by atoms with Gasteiger partial charge in [-0.2, -0.15) is 0 Å². The van der Waals surface area contributed by atoms with Crippen LogP contribution in [0.15, 0.2) is 0 Å².